The van der Waals surface area contributed by atoms with Crippen LogP contribution in [0.2, 0.25) is 5.02 Å². The van der Waals surface area contributed by atoms with E-state index in [0.717, 1.165) is 27.2 Å². The predicted octanol–water partition coefficient (Wildman–Crippen LogP) is 3.85. The molecule has 2 aliphatic heterocycles. The topological polar surface area (TPSA) is 28.2 Å². The third kappa shape index (κ3) is 2.19. The number of anilines is 1. The van der Waals surface area contributed by atoms with Gasteiger partial charge in [0.2, 0.25) is 0 Å². The average Bonchev–Trinajstić information content (AvgIpc) is 3.07. The summed E-state index contributed by atoms with van der Waals surface area (Å²) in [4.78, 5) is 7.13. The third-order valence-electron chi connectivity index (χ3n) is 4.97. The first-order chi connectivity index (χ1) is 10.2. The van der Waals surface area contributed by atoms with E-state index in [1.165, 1.54) is 32.4 Å². The molecule has 0 radical (unpaired) electrons. The lowest BCUT2D eigenvalue weighted by Gasteiger charge is -2.24. The molecule has 2 aromatic rings. The number of nitrogens with zero attached hydrogens (tertiary/aromatic N) is 2. The molecule has 0 amide bonds. The van der Waals surface area contributed by atoms with Crippen LogP contribution >= 0.6 is 11.6 Å². The number of benzene rings is 1. The first kappa shape index (κ1) is 13.4. The molecule has 1 N–H and O–H groups in total. The van der Waals surface area contributed by atoms with Gasteiger partial charge in [-0.15, -0.1) is 0 Å². The van der Waals surface area contributed by atoms with Crippen molar-refractivity contribution in [2.45, 2.75) is 38.3 Å². The number of hydrogen-bond donors (Lipinski definition) is 1. The van der Waals surface area contributed by atoms with E-state index in [9.17, 15) is 0 Å². The molecule has 0 aliphatic carbocycles. The lowest BCUT2D eigenvalue weighted by Crippen LogP contribution is -2.33. The smallest absolute Gasteiger partial charge is 0.0752 e. The van der Waals surface area contributed by atoms with Gasteiger partial charge in [-0.05, 0) is 56.5 Å². The van der Waals surface area contributed by atoms with Gasteiger partial charge in [0.05, 0.1) is 16.2 Å². The summed E-state index contributed by atoms with van der Waals surface area (Å²) in [5.74, 6) is 0. The SMILES string of the molecule is Cc1cc(Cl)c(NC2CCN3CCCC23)c2cccnc12. The number of pyridine rings is 1. The quantitative estimate of drug-likeness (QED) is 0.913. The molecule has 0 bridgehead atoms. The van der Waals surface area contributed by atoms with Crippen molar-refractivity contribution in [1.82, 2.24) is 9.88 Å². The van der Waals surface area contributed by atoms with E-state index in [1.807, 2.05) is 18.3 Å². The highest BCUT2D eigenvalue weighted by atomic mass is 35.5. The summed E-state index contributed by atoms with van der Waals surface area (Å²) < 4.78 is 0. The highest BCUT2D eigenvalue weighted by Gasteiger charge is 2.37. The fourth-order valence-corrected chi connectivity index (χ4v) is 4.28. The molecule has 4 heteroatoms. The zero-order valence-electron chi connectivity index (χ0n) is 12.3. The predicted molar refractivity (Wildman–Crippen MR) is 88.1 cm³/mol. The Hall–Kier alpha value is -1.32. The summed E-state index contributed by atoms with van der Waals surface area (Å²) in [5, 5.41) is 5.68. The Balaban J connectivity index is 1.73. The van der Waals surface area contributed by atoms with Crippen LogP contribution < -0.4 is 5.32 Å². The van der Waals surface area contributed by atoms with Crippen LogP contribution in [0.15, 0.2) is 24.4 Å². The monoisotopic (exact) mass is 301 g/mol. The molecule has 2 aliphatic rings. The minimum atomic E-state index is 0.510. The largest absolute Gasteiger partial charge is 0.379 e. The van der Waals surface area contributed by atoms with Crippen LogP contribution in [0, 0.1) is 6.92 Å². The van der Waals surface area contributed by atoms with E-state index >= 15 is 0 Å². The molecule has 110 valence electrons. The van der Waals surface area contributed by atoms with Crippen molar-refractivity contribution in [3.8, 4) is 0 Å². The van der Waals surface area contributed by atoms with E-state index in [-0.39, 0.29) is 0 Å². The standard InChI is InChI=1S/C17H20ClN3/c1-11-10-13(18)17(12-4-2-7-19-16(11)12)20-14-6-9-21-8-3-5-15(14)21/h2,4,7,10,14-15,20H,3,5-6,8-9H2,1H3. The van der Waals surface area contributed by atoms with Crippen molar-refractivity contribution in [3.63, 3.8) is 0 Å². The molecule has 1 aromatic carbocycles. The van der Waals surface area contributed by atoms with Crippen molar-refractivity contribution < 1.29 is 0 Å². The molecule has 0 spiro atoms. The van der Waals surface area contributed by atoms with Crippen molar-refractivity contribution in [2.24, 2.45) is 0 Å². The van der Waals surface area contributed by atoms with Crippen molar-refractivity contribution >= 4 is 28.2 Å². The normalized spacial score (nSPS) is 25.4. The Morgan fingerprint density at radius 3 is 3.14 bits per heavy atom. The van der Waals surface area contributed by atoms with Crippen LogP contribution in [0.25, 0.3) is 10.9 Å². The molecule has 2 fully saturated rings. The number of aromatic nitrogens is 1. The number of rotatable bonds is 2. The second kappa shape index (κ2) is 5.15. The Morgan fingerprint density at radius 1 is 1.33 bits per heavy atom. The Morgan fingerprint density at radius 2 is 2.24 bits per heavy atom. The molecule has 4 rings (SSSR count). The molecule has 1 aromatic heterocycles. The Labute approximate surface area is 130 Å². The summed E-state index contributed by atoms with van der Waals surface area (Å²) in [5.41, 5.74) is 3.24. The lowest BCUT2D eigenvalue weighted by molar-refractivity contribution is 0.318. The van der Waals surface area contributed by atoms with E-state index in [2.05, 4.69) is 28.2 Å². The number of aryl methyl sites for hydroxylation is 1. The molecule has 3 heterocycles. The molecule has 0 saturated carbocycles. The highest BCUT2D eigenvalue weighted by Crippen LogP contribution is 2.36. The molecule has 2 atom stereocenters. The van der Waals surface area contributed by atoms with E-state index in [0.29, 0.717) is 12.1 Å². The van der Waals surface area contributed by atoms with Crippen molar-refractivity contribution in [3.05, 3.63) is 35.0 Å². The van der Waals surface area contributed by atoms with E-state index < -0.39 is 0 Å². The number of nitrogens with one attached hydrogen (secondary N) is 1. The van der Waals surface area contributed by atoms with Gasteiger partial charge in [-0.2, -0.15) is 0 Å². The summed E-state index contributed by atoms with van der Waals surface area (Å²) in [6.45, 7) is 4.54. The summed E-state index contributed by atoms with van der Waals surface area (Å²) in [7, 11) is 0. The number of hydrogen-bond acceptors (Lipinski definition) is 3. The third-order valence-corrected chi connectivity index (χ3v) is 5.27. The molecular weight excluding hydrogens is 282 g/mol. The second-order valence-electron chi connectivity index (χ2n) is 6.23. The second-order valence-corrected chi connectivity index (χ2v) is 6.64. The maximum absolute atomic E-state index is 6.53. The fourth-order valence-electron chi connectivity index (χ4n) is 3.96. The molecule has 21 heavy (non-hydrogen) atoms. The van der Waals surface area contributed by atoms with Gasteiger partial charge in [-0.1, -0.05) is 11.6 Å². The fraction of sp³-hybridized carbons (Fsp3) is 0.471. The molecule has 2 saturated heterocycles. The van der Waals surface area contributed by atoms with Crippen LogP contribution in [0.5, 0.6) is 0 Å². The van der Waals surface area contributed by atoms with Crippen LogP contribution in [0.1, 0.15) is 24.8 Å². The Bertz CT molecular complexity index is 685. The minimum Gasteiger partial charge on any atom is -0.379 e. The van der Waals surface area contributed by atoms with Gasteiger partial charge in [0.1, 0.15) is 0 Å². The summed E-state index contributed by atoms with van der Waals surface area (Å²) >= 11 is 6.53. The molecular formula is C17H20ClN3. The maximum Gasteiger partial charge on any atom is 0.0752 e. The van der Waals surface area contributed by atoms with Crippen LogP contribution in [-0.2, 0) is 0 Å². The Kier molecular flexibility index (Phi) is 3.27. The van der Waals surface area contributed by atoms with E-state index in [1.54, 1.807) is 0 Å². The van der Waals surface area contributed by atoms with Gasteiger partial charge in [-0.3, -0.25) is 9.88 Å². The first-order valence-corrected chi connectivity index (χ1v) is 8.16. The van der Waals surface area contributed by atoms with Gasteiger partial charge in [0.15, 0.2) is 0 Å². The number of halogens is 1. The molecule has 3 nitrogen and oxygen atoms in total. The zero-order valence-corrected chi connectivity index (χ0v) is 13.0. The van der Waals surface area contributed by atoms with Gasteiger partial charge in [0, 0.05) is 30.2 Å². The lowest BCUT2D eigenvalue weighted by atomic mass is 10.0. The van der Waals surface area contributed by atoms with Crippen LogP contribution in [-0.4, -0.2) is 35.1 Å². The van der Waals surface area contributed by atoms with Crippen LogP contribution in [0.3, 0.4) is 0 Å². The minimum absolute atomic E-state index is 0.510. The van der Waals surface area contributed by atoms with Gasteiger partial charge < -0.3 is 5.32 Å². The van der Waals surface area contributed by atoms with Crippen LogP contribution in [0.4, 0.5) is 5.69 Å². The first-order valence-electron chi connectivity index (χ1n) is 7.78. The van der Waals surface area contributed by atoms with E-state index in [4.69, 9.17) is 11.6 Å². The summed E-state index contributed by atoms with van der Waals surface area (Å²) in [6, 6.07) is 7.32. The van der Waals surface area contributed by atoms with Gasteiger partial charge >= 0.3 is 0 Å². The maximum atomic E-state index is 6.53. The summed E-state index contributed by atoms with van der Waals surface area (Å²) in [6.07, 6.45) is 5.68. The highest BCUT2D eigenvalue weighted by molar-refractivity contribution is 6.35. The van der Waals surface area contributed by atoms with Gasteiger partial charge in [-0.25, -0.2) is 0 Å². The average molecular weight is 302 g/mol. The number of fused-ring (bicyclic) bond motifs is 2. The zero-order chi connectivity index (χ0) is 14.4. The molecule has 2 unspecified atom stereocenters. The van der Waals surface area contributed by atoms with Crippen molar-refractivity contribution in [2.75, 3.05) is 18.4 Å². The van der Waals surface area contributed by atoms with Crippen molar-refractivity contribution in [1.29, 1.82) is 0 Å². The van der Waals surface area contributed by atoms with Gasteiger partial charge in [0.25, 0.3) is 0 Å².